The number of hydrogen-bond acceptors (Lipinski definition) is 1. The van der Waals surface area contributed by atoms with Crippen molar-refractivity contribution in [1.82, 2.24) is 0 Å². The quantitative estimate of drug-likeness (QED) is 0.676. The average Bonchev–Trinajstić information content (AvgIpc) is 2.89. The van der Waals surface area contributed by atoms with E-state index in [1.165, 1.54) is 11.1 Å². The van der Waals surface area contributed by atoms with Crippen LogP contribution in [0.5, 0.6) is 5.75 Å². The Kier molecular flexibility index (Phi) is 4.32. The largest absolute Gasteiger partial charge is 0.493 e. The van der Waals surface area contributed by atoms with Crippen LogP contribution in [0.15, 0.2) is 53.0 Å². The predicted molar refractivity (Wildman–Crippen MR) is 86.9 cm³/mol. The van der Waals surface area contributed by atoms with Gasteiger partial charge in [-0.15, -0.1) is 11.6 Å². The Morgan fingerprint density at radius 1 is 1.15 bits per heavy atom. The van der Waals surface area contributed by atoms with E-state index in [-0.39, 0.29) is 0 Å². The fourth-order valence-electron chi connectivity index (χ4n) is 2.85. The average molecular weight is 352 g/mol. The molecule has 3 heteroatoms. The molecule has 1 aliphatic heterocycles. The number of hydrogen-bond donors (Lipinski definition) is 0. The van der Waals surface area contributed by atoms with E-state index in [0.717, 1.165) is 23.2 Å². The van der Waals surface area contributed by atoms with Gasteiger partial charge >= 0.3 is 0 Å². The van der Waals surface area contributed by atoms with Crippen LogP contribution in [-0.4, -0.2) is 12.5 Å². The molecule has 0 fully saturated rings. The fourth-order valence-corrected chi connectivity index (χ4v) is 3.75. The summed E-state index contributed by atoms with van der Waals surface area (Å²) in [6.07, 6.45) is 1.02. The third kappa shape index (κ3) is 2.72. The van der Waals surface area contributed by atoms with Crippen LogP contribution in [0.1, 0.15) is 29.4 Å². The maximum absolute atomic E-state index is 6.22. The first-order chi connectivity index (χ1) is 9.79. The molecule has 0 radical (unpaired) electrons. The third-order valence-corrected chi connectivity index (χ3v) is 4.99. The van der Waals surface area contributed by atoms with Gasteiger partial charge in [0.25, 0.3) is 0 Å². The summed E-state index contributed by atoms with van der Waals surface area (Å²) in [6, 6.07) is 16.6. The highest BCUT2D eigenvalue weighted by molar-refractivity contribution is 9.10. The van der Waals surface area contributed by atoms with E-state index in [1.54, 1.807) is 0 Å². The smallest absolute Gasteiger partial charge is 0.122 e. The van der Waals surface area contributed by atoms with Gasteiger partial charge in [-0.25, -0.2) is 0 Å². The standard InChI is InChI=1S/C17H16BrClO/c18-16-7-3-1-5-14(16)12(10-19)9-13-11-20-17-8-4-2-6-15(13)17/h1-8,12-13H,9-11H2. The summed E-state index contributed by atoms with van der Waals surface area (Å²) < 4.78 is 6.90. The number of benzene rings is 2. The molecule has 3 rings (SSSR count). The lowest BCUT2D eigenvalue weighted by atomic mass is 9.87. The molecule has 0 spiro atoms. The maximum atomic E-state index is 6.22. The SMILES string of the molecule is ClCC(CC1COc2ccccc21)c1ccccc1Br. The van der Waals surface area contributed by atoms with Gasteiger partial charge in [-0.3, -0.25) is 0 Å². The molecule has 1 nitrogen and oxygen atoms in total. The topological polar surface area (TPSA) is 9.23 Å². The van der Waals surface area contributed by atoms with Gasteiger partial charge in [0.05, 0.1) is 6.61 Å². The first-order valence-corrected chi connectivity index (χ1v) is 8.14. The van der Waals surface area contributed by atoms with Crippen molar-refractivity contribution >= 4 is 27.5 Å². The molecule has 2 aromatic rings. The van der Waals surface area contributed by atoms with E-state index < -0.39 is 0 Å². The molecule has 2 atom stereocenters. The summed E-state index contributed by atoms with van der Waals surface area (Å²) >= 11 is 9.85. The number of rotatable bonds is 4. The lowest BCUT2D eigenvalue weighted by molar-refractivity contribution is 0.320. The van der Waals surface area contributed by atoms with Crippen molar-refractivity contribution in [2.75, 3.05) is 12.5 Å². The summed E-state index contributed by atoms with van der Waals surface area (Å²) in [5.74, 6) is 2.42. The van der Waals surface area contributed by atoms with Gasteiger partial charge < -0.3 is 4.74 Å². The fraction of sp³-hybridized carbons (Fsp3) is 0.294. The van der Waals surface area contributed by atoms with Crippen LogP contribution in [0.2, 0.25) is 0 Å². The predicted octanol–water partition coefficient (Wildman–Crippen LogP) is 5.34. The van der Waals surface area contributed by atoms with Crippen molar-refractivity contribution in [3.05, 3.63) is 64.1 Å². The first-order valence-electron chi connectivity index (χ1n) is 6.81. The van der Waals surface area contributed by atoms with E-state index in [2.05, 4.69) is 46.3 Å². The van der Waals surface area contributed by atoms with Crippen molar-refractivity contribution in [3.63, 3.8) is 0 Å². The Labute approximate surface area is 133 Å². The van der Waals surface area contributed by atoms with Gasteiger partial charge in [-0.1, -0.05) is 52.3 Å². The number of halogens is 2. The van der Waals surface area contributed by atoms with E-state index in [1.807, 2.05) is 18.2 Å². The first kappa shape index (κ1) is 14.0. The molecule has 0 saturated carbocycles. The maximum Gasteiger partial charge on any atom is 0.122 e. The molecular formula is C17H16BrClO. The lowest BCUT2D eigenvalue weighted by Crippen LogP contribution is -2.10. The van der Waals surface area contributed by atoms with E-state index >= 15 is 0 Å². The summed E-state index contributed by atoms with van der Waals surface area (Å²) in [5, 5.41) is 0. The minimum absolute atomic E-state index is 0.340. The molecule has 20 heavy (non-hydrogen) atoms. The van der Waals surface area contributed by atoms with E-state index in [9.17, 15) is 0 Å². The summed E-state index contributed by atoms with van der Waals surface area (Å²) in [5.41, 5.74) is 2.60. The van der Waals surface area contributed by atoms with Crippen LogP contribution in [-0.2, 0) is 0 Å². The minimum atomic E-state index is 0.340. The second kappa shape index (κ2) is 6.19. The zero-order valence-electron chi connectivity index (χ0n) is 11.1. The number of ether oxygens (including phenoxy) is 1. The molecule has 1 aliphatic rings. The van der Waals surface area contributed by atoms with Gasteiger partial charge in [0.15, 0.2) is 0 Å². The number of fused-ring (bicyclic) bond motifs is 1. The summed E-state index contributed by atoms with van der Waals surface area (Å²) in [7, 11) is 0. The highest BCUT2D eigenvalue weighted by atomic mass is 79.9. The Balaban J connectivity index is 1.82. The second-order valence-electron chi connectivity index (χ2n) is 5.15. The van der Waals surface area contributed by atoms with E-state index in [0.29, 0.717) is 17.7 Å². The lowest BCUT2D eigenvalue weighted by Gasteiger charge is -2.19. The van der Waals surface area contributed by atoms with Crippen LogP contribution < -0.4 is 4.74 Å². The zero-order valence-corrected chi connectivity index (χ0v) is 13.4. The van der Waals surface area contributed by atoms with Crippen molar-refractivity contribution in [1.29, 1.82) is 0 Å². The summed E-state index contributed by atoms with van der Waals surface area (Å²) in [6.45, 7) is 0.761. The van der Waals surface area contributed by atoms with Crippen LogP contribution in [0.25, 0.3) is 0 Å². The summed E-state index contributed by atoms with van der Waals surface area (Å²) in [4.78, 5) is 0. The van der Waals surface area contributed by atoms with Crippen molar-refractivity contribution in [3.8, 4) is 5.75 Å². The van der Waals surface area contributed by atoms with Gasteiger partial charge in [-0.05, 0) is 30.0 Å². The van der Waals surface area contributed by atoms with Crippen LogP contribution in [0, 0.1) is 0 Å². The molecule has 2 aromatic carbocycles. The normalized spacial score (nSPS) is 18.4. The highest BCUT2D eigenvalue weighted by Crippen LogP contribution is 2.40. The molecular weight excluding hydrogens is 336 g/mol. The van der Waals surface area contributed by atoms with Crippen molar-refractivity contribution < 1.29 is 4.74 Å². The number of para-hydroxylation sites is 1. The van der Waals surface area contributed by atoms with Gasteiger partial charge in [-0.2, -0.15) is 0 Å². The van der Waals surface area contributed by atoms with Gasteiger partial charge in [0, 0.05) is 21.8 Å². The van der Waals surface area contributed by atoms with Gasteiger partial charge in [0.1, 0.15) is 5.75 Å². The Hall–Kier alpha value is -0.990. The molecule has 2 unspecified atom stereocenters. The molecule has 104 valence electrons. The molecule has 0 aliphatic carbocycles. The Morgan fingerprint density at radius 2 is 1.90 bits per heavy atom. The minimum Gasteiger partial charge on any atom is -0.493 e. The van der Waals surface area contributed by atoms with Gasteiger partial charge in [0.2, 0.25) is 0 Å². The van der Waals surface area contributed by atoms with Crippen molar-refractivity contribution in [2.45, 2.75) is 18.3 Å². The molecule has 0 saturated heterocycles. The second-order valence-corrected chi connectivity index (χ2v) is 6.32. The van der Waals surface area contributed by atoms with E-state index in [4.69, 9.17) is 16.3 Å². The monoisotopic (exact) mass is 350 g/mol. The molecule has 0 amide bonds. The highest BCUT2D eigenvalue weighted by Gasteiger charge is 2.27. The third-order valence-electron chi connectivity index (χ3n) is 3.90. The van der Waals surface area contributed by atoms with Crippen LogP contribution in [0.3, 0.4) is 0 Å². The Morgan fingerprint density at radius 3 is 2.70 bits per heavy atom. The molecule has 0 bridgehead atoms. The van der Waals surface area contributed by atoms with Crippen LogP contribution in [0.4, 0.5) is 0 Å². The Bertz CT molecular complexity index is 599. The molecule has 0 N–H and O–H groups in total. The zero-order chi connectivity index (χ0) is 13.9. The van der Waals surface area contributed by atoms with Crippen LogP contribution >= 0.6 is 27.5 Å². The van der Waals surface area contributed by atoms with Crippen molar-refractivity contribution in [2.24, 2.45) is 0 Å². The number of alkyl halides is 1. The molecule has 1 heterocycles. The molecule has 0 aromatic heterocycles.